The van der Waals surface area contributed by atoms with E-state index in [1.54, 1.807) is 53.7 Å². The van der Waals surface area contributed by atoms with Crippen molar-refractivity contribution < 1.29 is 19.2 Å². The van der Waals surface area contributed by atoms with E-state index in [2.05, 4.69) is 15.3 Å². The number of carbonyl (C=O) groups is 4. The number of piperidine rings is 1. The van der Waals surface area contributed by atoms with Crippen molar-refractivity contribution in [1.82, 2.24) is 25.1 Å². The molecule has 0 saturated carbocycles. The van der Waals surface area contributed by atoms with E-state index in [0.717, 1.165) is 15.9 Å². The van der Waals surface area contributed by atoms with Gasteiger partial charge in [0.1, 0.15) is 0 Å². The summed E-state index contributed by atoms with van der Waals surface area (Å²) in [5.74, 6) is -0.945. The van der Waals surface area contributed by atoms with Crippen LogP contribution in [0.1, 0.15) is 50.3 Å². The maximum absolute atomic E-state index is 12.7. The molecular weight excluding hydrogens is 422 g/mol. The van der Waals surface area contributed by atoms with Crippen LogP contribution in [0.2, 0.25) is 0 Å². The molecule has 1 fully saturated rings. The SMILES string of the molecule is O=C(NC1CCN(C(=O)CCN2C(=O)c3ccccc3C2=O)CC1)c1ccc2nc[nH]c2c1. The number of imide groups is 1. The molecule has 0 spiro atoms. The average molecular weight is 445 g/mol. The Labute approximate surface area is 189 Å². The summed E-state index contributed by atoms with van der Waals surface area (Å²) in [5, 5.41) is 3.04. The highest BCUT2D eigenvalue weighted by atomic mass is 16.2. The molecule has 0 aliphatic carbocycles. The molecule has 9 heteroatoms. The summed E-state index contributed by atoms with van der Waals surface area (Å²) in [6.07, 6.45) is 2.98. The summed E-state index contributed by atoms with van der Waals surface area (Å²) in [4.78, 5) is 60.2. The number of imidazole rings is 1. The number of hydrogen-bond donors (Lipinski definition) is 2. The first-order chi connectivity index (χ1) is 16.0. The predicted molar refractivity (Wildman–Crippen MR) is 120 cm³/mol. The highest BCUT2D eigenvalue weighted by Gasteiger charge is 2.35. The van der Waals surface area contributed by atoms with Gasteiger partial charge in [-0.2, -0.15) is 0 Å². The molecule has 2 aliphatic heterocycles. The maximum Gasteiger partial charge on any atom is 0.261 e. The number of nitrogens with one attached hydrogen (secondary N) is 2. The van der Waals surface area contributed by atoms with Crippen LogP contribution >= 0.6 is 0 Å². The largest absolute Gasteiger partial charge is 0.349 e. The number of benzene rings is 2. The molecule has 0 unspecified atom stereocenters. The van der Waals surface area contributed by atoms with Crippen LogP contribution in [0.4, 0.5) is 0 Å². The van der Waals surface area contributed by atoms with E-state index >= 15 is 0 Å². The van der Waals surface area contributed by atoms with Gasteiger partial charge in [-0.25, -0.2) is 4.98 Å². The Balaban J connectivity index is 1.11. The van der Waals surface area contributed by atoms with Gasteiger partial charge in [0, 0.05) is 37.7 Å². The second-order valence-electron chi connectivity index (χ2n) is 8.32. The first kappa shape index (κ1) is 20.9. The molecular formula is C24H23N5O4. The number of rotatable bonds is 5. The number of aromatic amines is 1. The summed E-state index contributed by atoms with van der Waals surface area (Å²) in [6.45, 7) is 1.11. The van der Waals surface area contributed by atoms with Gasteiger partial charge in [-0.15, -0.1) is 0 Å². The van der Waals surface area contributed by atoms with Crippen molar-refractivity contribution in [2.24, 2.45) is 0 Å². The van der Waals surface area contributed by atoms with Gasteiger partial charge in [0.2, 0.25) is 5.91 Å². The lowest BCUT2D eigenvalue weighted by molar-refractivity contribution is -0.132. The number of nitrogens with zero attached hydrogens (tertiary/aromatic N) is 3. The Morgan fingerprint density at radius 1 is 1.03 bits per heavy atom. The van der Waals surface area contributed by atoms with Crippen LogP contribution in [-0.2, 0) is 4.79 Å². The van der Waals surface area contributed by atoms with Gasteiger partial charge in [0.25, 0.3) is 17.7 Å². The van der Waals surface area contributed by atoms with E-state index in [0.29, 0.717) is 42.6 Å². The number of hydrogen-bond acceptors (Lipinski definition) is 5. The number of amides is 4. The van der Waals surface area contributed by atoms with Crippen LogP contribution in [0.5, 0.6) is 0 Å². The number of fused-ring (bicyclic) bond motifs is 2. The quantitative estimate of drug-likeness (QED) is 0.583. The van der Waals surface area contributed by atoms with E-state index in [1.165, 1.54) is 0 Å². The van der Waals surface area contributed by atoms with Crippen LogP contribution in [-0.4, -0.2) is 69.1 Å². The van der Waals surface area contributed by atoms with Crippen LogP contribution < -0.4 is 5.32 Å². The number of carbonyl (C=O) groups excluding carboxylic acids is 4. The fraction of sp³-hybridized carbons (Fsp3) is 0.292. The van der Waals surface area contributed by atoms with Gasteiger partial charge in [-0.05, 0) is 43.2 Å². The lowest BCUT2D eigenvalue weighted by Crippen LogP contribution is -2.47. The predicted octanol–water partition coefficient (Wildman–Crippen LogP) is 1.97. The topological polar surface area (TPSA) is 115 Å². The van der Waals surface area contributed by atoms with Crippen molar-refractivity contribution in [2.45, 2.75) is 25.3 Å². The molecule has 0 radical (unpaired) electrons. The summed E-state index contributed by atoms with van der Waals surface area (Å²) in [5.41, 5.74) is 2.95. The highest BCUT2D eigenvalue weighted by molar-refractivity contribution is 6.21. The van der Waals surface area contributed by atoms with Gasteiger partial charge in [0.05, 0.1) is 28.5 Å². The third kappa shape index (κ3) is 3.97. The van der Waals surface area contributed by atoms with Gasteiger partial charge in [0.15, 0.2) is 0 Å². The highest BCUT2D eigenvalue weighted by Crippen LogP contribution is 2.23. The van der Waals surface area contributed by atoms with Gasteiger partial charge < -0.3 is 15.2 Å². The molecule has 5 rings (SSSR count). The molecule has 0 bridgehead atoms. The average Bonchev–Trinajstić information content (AvgIpc) is 3.40. The van der Waals surface area contributed by atoms with E-state index in [4.69, 9.17) is 0 Å². The molecule has 168 valence electrons. The lowest BCUT2D eigenvalue weighted by Gasteiger charge is -2.32. The molecule has 3 heterocycles. The molecule has 3 aromatic rings. The standard InChI is InChI=1S/C24H23N5O4/c30-21(9-12-29-23(32)17-3-1-2-4-18(17)24(29)33)28-10-7-16(8-11-28)27-22(31)15-5-6-19-20(13-15)26-14-25-19/h1-6,13-14,16H,7-12H2,(H,25,26)(H,27,31). The number of aromatic nitrogens is 2. The van der Waals surface area contributed by atoms with E-state index in [1.807, 2.05) is 0 Å². The van der Waals surface area contributed by atoms with Crippen LogP contribution in [0.15, 0.2) is 48.8 Å². The van der Waals surface area contributed by atoms with E-state index < -0.39 is 0 Å². The third-order valence-electron chi connectivity index (χ3n) is 6.29. The van der Waals surface area contributed by atoms with Crippen molar-refractivity contribution in [2.75, 3.05) is 19.6 Å². The van der Waals surface area contributed by atoms with Gasteiger partial charge in [-0.1, -0.05) is 12.1 Å². The zero-order valence-corrected chi connectivity index (χ0v) is 17.9. The molecule has 0 atom stereocenters. The molecule has 1 aromatic heterocycles. The van der Waals surface area contributed by atoms with Crippen molar-refractivity contribution in [3.63, 3.8) is 0 Å². The Kier molecular flexibility index (Phi) is 5.37. The second kappa shape index (κ2) is 8.50. The van der Waals surface area contributed by atoms with Crippen molar-refractivity contribution in [3.8, 4) is 0 Å². The monoisotopic (exact) mass is 445 g/mol. The molecule has 1 saturated heterocycles. The molecule has 2 N–H and O–H groups in total. The van der Waals surface area contributed by atoms with Crippen LogP contribution in [0.3, 0.4) is 0 Å². The Hall–Kier alpha value is -4.01. The maximum atomic E-state index is 12.7. The minimum atomic E-state index is -0.349. The fourth-order valence-corrected chi connectivity index (χ4v) is 4.43. The first-order valence-electron chi connectivity index (χ1n) is 11.0. The molecule has 9 nitrogen and oxygen atoms in total. The summed E-state index contributed by atoms with van der Waals surface area (Å²) in [7, 11) is 0. The molecule has 2 aliphatic rings. The molecule has 2 aromatic carbocycles. The van der Waals surface area contributed by atoms with E-state index in [9.17, 15) is 19.2 Å². The molecule has 33 heavy (non-hydrogen) atoms. The fourth-order valence-electron chi connectivity index (χ4n) is 4.43. The van der Waals surface area contributed by atoms with Crippen LogP contribution in [0.25, 0.3) is 11.0 Å². The van der Waals surface area contributed by atoms with E-state index in [-0.39, 0.29) is 42.6 Å². The zero-order valence-electron chi connectivity index (χ0n) is 17.9. The number of H-pyrrole nitrogens is 1. The smallest absolute Gasteiger partial charge is 0.261 e. The summed E-state index contributed by atoms with van der Waals surface area (Å²) >= 11 is 0. The van der Waals surface area contributed by atoms with Gasteiger partial charge >= 0.3 is 0 Å². The minimum absolute atomic E-state index is 0.0183. The third-order valence-corrected chi connectivity index (χ3v) is 6.29. The van der Waals surface area contributed by atoms with Crippen molar-refractivity contribution in [3.05, 3.63) is 65.5 Å². The number of likely N-dealkylation sites (tertiary alicyclic amines) is 1. The minimum Gasteiger partial charge on any atom is -0.349 e. The van der Waals surface area contributed by atoms with Crippen LogP contribution in [0, 0.1) is 0 Å². The first-order valence-corrected chi connectivity index (χ1v) is 11.0. The zero-order chi connectivity index (χ0) is 22.9. The van der Waals surface area contributed by atoms with Crippen molar-refractivity contribution >= 4 is 34.7 Å². The Morgan fingerprint density at radius 2 is 1.73 bits per heavy atom. The summed E-state index contributed by atoms with van der Waals surface area (Å²) in [6, 6.07) is 12.0. The van der Waals surface area contributed by atoms with Gasteiger partial charge in [-0.3, -0.25) is 24.1 Å². The Morgan fingerprint density at radius 3 is 2.42 bits per heavy atom. The lowest BCUT2D eigenvalue weighted by atomic mass is 10.0. The Bertz CT molecular complexity index is 1220. The normalized spacial score (nSPS) is 16.4. The summed E-state index contributed by atoms with van der Waals surface area (Å²) < 4.78 is 0. The second-order valence-corrected chi connectivity index (χ2v) is 8.32. The molecule has 4 amide bonds. The van der Waals surface area contributed by atoms with Crippen molar-refractivity contribution in [1.29, 1.82) is 0 Å².